The van der Waals surface area contributed by atoms with Crippen LogP contribution >= 0.6 is 11.6 Å². The van der Waals surface area contributed by atoms with Crippen LogP contribution in [0.2, 0.25) is 5.02 Å². The van der Waals surface area contributed by atoms with E-state index in [9.17, 15) is 9.18 Å². The topological polar surface area (TPSA) is 89.4 Å². The van der Waals surface area contributed by atoms with Crippen molar-refractivity contribution in [2.75, 3.05) is 5.32 Å². The first-order valence-corrected chi connectivity index (χ1v) is 9.09. The summed E-state index contributed by atoms with van der Waals surface area (Å²) in [5.74, 6) is 0.319. The van der Waals surface area contributed by atoms with Gasteiger partial charge in [-0.25, -0.2) is 9.37 Å². The molecular formula is C20H17ClFN5O2. The van der Waals surface area contributed by atoms with Crippen LogP contribution in [0.5, 0.6) is 5.75 Å². The van der Waals surface area contributed by atoms with Gasteiger partial charge in [-0.15, -0.1) is 0 Å². The first kappa shape index (κ1) is 20.3. The number of alkyl halides is 1. The Bertz CT molecular complexity index is 1030. The van der Waals surface area contributed by atoms with E-state index >= 15 is 0 Å². The molecule has 0 fully saturated rings. The summed E-state index contributed by atoms with van der Waals surface area (Å²) in [4.78, 5) is 29.6. The number of pyridine rings is 3. The lowest BCUT2D eigenvalue weighted by Crippen LogP contribution is -2.14. The van der Waals surface area contributed by atoms with Gasteiger partial charge < -0.3 is 10.2 Å². The number of oxime groups is 1. The maximum atomic E-state index is 12.7. The molecule has 3 heterocycles. The first-order valence-electron chi connectivity index (χ1n) is 8.71. The number of anilines is 1. The minimum atomic E-state index is -0.688. The molecule has 3 aromatic heterocycles. The number of nitrogens with one attached hydrogen (secondary N) is 1. The molecule has 0 saturated carbocycles. The van der Waals surface area contributed by atoms with Gasteiger partial charge in [-0.1, -0.05) is 23.7 Å². The second-order valence-corrected chi connectivity index (χ2v) is 6.30. The Hall–Kier alpha value is -3.39. The molecule has 1 N–H and O–H groups in total. The van der Waals surface area contributed by atoms with Crippen LogP contribution < -0.4 is 10.2 Å². The van der Waals surface area contributed by atoms with Crippen molar-refractivity contribution in [1.29, 1.82) is 0 Å². The standard InChI is InChI=1S/C20H17ClFN5O2/c1-2-17(27-29-18-5-6-23-12-16(18)21)14-3-4-19(25-11-14)26-20(28)15-7-13(8-22)9-24-10-15/h3-7,9-12H,2,8H2,1H3,(H,25,26,28). The minimum absolute atomic E-state index is 0.254. The van der Waals surface area contributed by atoms with Crippen molar-refractivity contribution in [2.45, 2.75) is 20.0 Å². The van der Waals surface area contributed by atoms with Gasteiger partial charge in [0.2, 0.25) is 0 Å². The van der Waals surface area contributed by atoms with Crippen LogP contribution in [0.4, 0.5) is 10.2 Å². The third-order valence-corrected chi connectivity index (χ3v) is 4.16. The summed E-state index contributed by atoms with van der Waals surface area (Å²) in [6, 6.07) is 6.46. The highest BCUT2D eigenvalue weighted by molar-refractivity contribution is 6.31. The largest absolute Gasteiger partial charge is 0.355 e. The smallest absolute Gasteiger partial charge is 0.258 e. The number of rotatable bonds is 7. The van der Waals surface area contributed by atoms with Gasteiger partial charge in [-0.05, 0) is 24.6 Å². The van der Waals surface area contributed by atoms with Gasteiger partial charge in [0.1, 0.15) is 17.5 Å². The normalized spacial score (nSPS) is 11.2. The number of amides is 1. The van der Waals surface area contributed by atoms with E-state index in [4.69, 9.17) is 16.4 Å². The minimum Gasteiger partial charge on any atom is -0.355 e. The van der Waals surface area contributed by atoms with E-state index in [1.165, 1.54) is 24.7 Å². The summed E-state index contributed by atoms with van der Waals surface area (Å²) < 4.78 is 12.7. The van der Waals surface area contributed by atoms with Crippen molar-refractivity contribution in [1.82, 2.24) is 15.0 Å². The van der Waals surface area contributed by atoms with Crippen molar-refractivity contribution in [3.8, 4) is 5.75 Å². The summed E-state index contributed by atoms with van der Waals surface area (Å²) in [7, 11) is 0. The first-order chi connectivity index (χ1) is 14.1. The van der Waals surface area contributed by atoms with E-state index < -0.39 is 12.6 Å². The Morgan fingerprint density at radius 1 is 1.17 bits per heavy atom. The number of nitrogens with zero attached hydrogens (tertiary/aromatic N) is 4. The maximum Gasteiger partial charge on any atom is 0.258 e. The van der Waals surface area contributed by atoms with Crippen LogP contribution in [0, 0.1) is 0 Å². The number of hydrogen-bond acceptors (Lipinski definition) is 6. The molecule has 3 aromatic rings. The molecule has 0 spiro atoms. The molecule has 0 atom stereocenters. The highest BCUT2D eigenvalue weighted by Gasteiger charge is 2.10. The molecule has 0 aliphatic rings. The predicted molar refractivity (Wildman–Crippen MR) is 108 cm³/mol. The van der Waals surface area contributed by atoms with Crippen molar-refractivity contribution < 1.29 is 14.0 Å². The Morgan fingerprint density at radius 2 is 2.03 bits per heavy atom. The Morgan fingerprint density at radius 3 is 2.72 bits per heavy atom. The lowest BCUT2D eigenvalue weighted by molar-refractivity contribution is 0.102. The summed E-state index contributed by atoms with van der Waals surface area (Å²) in [5.41, 5.74) is 1.98. The second-order valence-electron chi connectivity index (χ2n) is 5.89. The van der Waals surface area contributed by atoms with E-state index in [1.807, 2.05) is 6.92 Å². The monoisotopic (exact) mass is 413 g/mol. The third-order valence-electron chi connectivity index (χ3n) is 3.87. The van der Waals surface area contributed by atoms with Gasteiger partial charge in [-0.2, -0.15) is 0 Å². The SMILES string of the molecule is CCC(=NOc1ccncc1Cl)c1ccc(NC(=O)c2cncc(CF)c2)nc1. The van der Waals surface area contributed by atoms with Crippen LogP contribution in [0.1, 0.15) is 34.8 Å². The molecule has 148 valence electrons. The fourth-order valence-electron chi connectivity index (χ4n) is 2.37. The average Bonchev–Trinajstić information content (AvgIpc) is 2.76. The van der Waals surface area contributed by atoms with Gasteiger partial charge in [0, 0.05) is 48.2 Å². The van der Waals surface area contributed by atoms with Gasteiger partial charge >= 0.3 is 0 Å². The lowest BCUT2D eigenvalue weighted by atomic mass is 10.1. The Kier molecular flexibility index (Phi) is 6.80. The van der Waals surface area contributed by atoms with Crippen LogP contribution in [-0.2, 0) is 6.67 Å². The van der Waals surface area contributed by atoms with Gasteiger partial charge in [0.25, 0.3) is 5.91 Å². The number of halogens is 2. The number of aromatic nitrogens is 3. The number of carbonyl (C=O) groups excluding carboxylic acids is 1. The summed E-state index contributed by atoms with van der Waals surface area (Å²) in [5, 5.41) is 7.14. The molecule has 0 bridgehead atoms. The zero-order valence-corrected chi connectivity index (χ0v) is 16.2. The fraction of sp³-hybridized carbons (Fsp3) is 0.150. The average molecular weight is 414 g/mol. The second kappa shape index (κ2) is 9.70. The molecule has 0 aromatic carbocycles. The summed E-state index contributed by atoms with van der Waals surface area (Å²) >= 11 is 6.00. The zero-order chi connectivity index (χ0) is 20.6. The zero-order valence-electron chi connectivity index (χ0n) is 15.5. The molecule has 0 aliphatic carbocycles. The van der Waals surface area contributed by atoms with E-state index in [0.717, 1.165) is 5.56 Å². The molecule has 3 rings (SSSR count). The molecule has 29 heavy (non-hydrogen) atoms. The maximum absolute atomic E-state index is 12.7. The van der Waals surface area contributed by atoms with Crippen molar-refractivity contribution in [2.24, 2.45) is 5.16 Å². The fourth-order valence-corrected chi connectivity index (χ4v) is 2.53. The predicted octanol–water partition coefficient (Wildman–Crippen LogP) is 4.44. The van der Waals surface area contributed by atoms with E-state index in [0.29, 0.717) is 34.3 Å². The van der Waals surface area contributed by atoms with Crippen LogP contribution in [-0.4, -0.2) is 26.6 Å². The Labute approximate surface area is 171 Å². The molecule has 1 amide bonds. The van der Waals surface area contributed by atoms with Crippen LogP contribution in [0.3, 0.4) is 0 Å². The van der Waals surface area contributed by atoms with Crippen LogP contribution in [0.15, 0.2) is 60.4 Å². The molecule has 7 nitrogen and oxygen atoms in total. The lowest BCUT2D eigenvalue weighted by Gasteiger charge is -2.08. The molecular weight excluding hydrogens is 397 g/mol. The number of carbonyl (C=O) groups is 1. The van der Waals surface area contributed by atoms with Crippen molar-refractivity contribution in [3.05, 3.63) is 77.0 Å². The highest BCUT2D eigenvalue weighted by Crippen LogP contribution is 2.22. The molecule has 9 heteroatoms. The van der Waals surface area contributed by atoms with Gasteiger partial charge in [-0.3, -0.25) is 14.8 Å². The van der Waals surface area contributed by atoms with Gasteiger partial charge in [0.05, 0.1) is 11.3 Å². The highest BCUT2D eigenvalue weighted by atomic mass is 35.5. The van der Waals surface area contributed by atoms with Crippen molar-refractivity contribution >= 4 is 29.0 Å². The van der Waals surface area contributed by atoms with Gasteiger partial charge in [0.15, 0.2) is 5.75 Å². The van der Waals surface area contributed by atoms with Crippen molar-refractivity contribution in [3.63, 3.8) is 0 Å². The summed E-state index contributed by atoms with van der Waals surface area (Å²) in [6.07, 6.45) is 7.93. The van der Waals surface area contributed by atoms with E-state index in [1.54, 1.807) is 30.6 Å². The molecule has 0 saturated heterocycles. The molecule has 0 aliphatic heterocycles. The quantitative estimate of drug-likeness (QED) is 0.457. The Balaban J connectivity index is 1.70. The molecule has 0 unspecified atom stereocenters. The van der Waals surface area contributed by atoms with E-state index in [2.05, 4.69) is 25.4 Å². The van der Waals surface area contributed by atoms with E-state index in [-0.39, 0.29) is 5.56 Å². The van der Waals surface area contributed by atoms with Crippen LogP contribution in [0.25, 0.3) is 0 Å². The third kappa shape index (κ3) is 5.32. The summed E-state index contributed by atoms with van der Waals surface area (Å²) in [6.45, 7) is 1.24. The molecule has 0 radical (unpaired) electrons. The number of hydrogen-bond donors (Lipinski definition) is 1.